The largest absolute Gasteiger partial charge is 0.495 e. The molecule has 3 aromatic carbocycles. The molecule has 7 heteroatoms. The fourth-order valence-electron chi connectivity index (χ4n) is 3.37. The number of thioether (sulfide) groups is 1. The molecule has 1 atom stereocenters. The maximum atomic E-state index is 12.8. The van der Waals surface area contributed by atoms with Gasteiger partial charge in [-0.25, -0.2) is 4.98 Å². The summed E-state index contributed by atoms with van der Waals surface area (Å²) in [5, 5.41) is 11.8. The summed E-state index contributed by atoms with van der Waals surface area (Å²) in [6.45, 7) is 5.91. The molecular weight excluding hydrogens is 444 g/mol. The predicted molar refractivity (Wildman–Crippen MR) is 137 cm³/mol. The van der Waals surface area contributed by atoms with Crippen LogP contribution in [0.4, 0.5) is 5.69 Å². The van der Waals surface area contributed by atoms with Crippen molar-refractivity contribution in [2.24, 2.45) is 0 Å². The zero-order chi connectivity index (χ0) is 24.1. The monoisotopic (exact) mass is 470 g/mol. The van der Waals surface area contributed by atoms with Gasteiger partial charge >= 0.3 is 0 Å². The molecule has 6 nitrogen and oxygen atoms in total. The molecule has 0 aliphatic heterocycles. The Morgan fingerprint density at radius 1 is 0.853 bits per heavy atom. The van der Waals surface area contributed by atoms with Gasteiger partial charge < -0.3 is 10.1 Å². The highest BCUT2D eigenvalue weighted by molar-refractivity contribution is 8.00. The molecule has 0 spiro atoms. The highest BCUT2D eigenvalue weighted by Gasteiger charge is 2.20. The Morgan fingerprint density at radius 3 is 2.06 bits per heavy atom. The average molecular weight is 471 g/mol. The van der Waals surface area contributed by atoms with Crippen molar-refractivity contribution in [1.29, 1.82) is 0 Å². The van der Waals surface area contributed by atoms with E-state index in [-0.39, 0.29) is 5.91 Å². The van der Waals surface area contributed by atoms with Crippen LogP contribution in [0.15, 0.2) is 78.0 Å². The molecule has 1 amide bonds. The summed E-state index contributed by atoms with van der Waals surface area (Å²) < 4.78 is 5.32. The normalized spacial score (nSPS) is 11.6. The number of methoxy groups -OCH3 is 1. The molecule has 0 unspecified atom stereocenters. The fourth-order valence-corrected chi connectivity index (χ4v) is 4.09. The second kappa shape index (κ2) is 10.5. The van der Waals surface area contributed by atoms with E-state index < -0.39 is 5.25 Å². The summed E-state index contributed by atoms with van der Waals surface area (Å²) in [4.78, 5) is 17.7. The molecule has 0 saturated carbocycles. The van der Waals surface area contributed by atoms with Crippen molar-refractivity contribution in [3.05, 3.63) is 83.9 Å². The summed E-state index contributed by atoms with van der Waals surface area (Å²) in [5.74, 6) is 0.438. The maximum Gasteiger partial charge on any atom is 0.237 e. The highest BCUT2D eigenvalue weighted by atomic mass is 32.2. The van der Waals surface area contributed by atoms with Gasteiger partial charge in [-0.3, -0.25) is 4.79 Å². The quantitative estimate of drug-likeness (QED) is 0.336. The Balaban J connectivity index is 1.62. The van der Waals surface area contributed by atoms with Gasteiger partial charge in [0.2, 0.25) is 11.1 Å². The molecule has 0 saturated heterocycles. The Bertz CT molecular complexity index is 1290. The van der Waals surface area contributed by atoms with Gasteiger partial charge in [-0.05, 0) is 32.9 Å². The van der Waals surface area contributed by atoms with Crippen molar-refractivity contribution < 1.29 is 9.53 Å². The molecule has 0 radical (unpaired) electrons. The maximum absolute atomic E-state index is 12.8. The number of hydrogen-bond acceptors (Lipinski definition) is 6. The molecule has 0 fully saturated rings. The van der Waals surface area contributed by atoms with Crippen LogP contribution in [0.25, 0.3) is 22.5 Å². The number of carbonyl (C=O) groups is 1. The third-order valence-electron chi connectivity index (χ3n) is 5.33. The lowest BCUT2D eigenvalue weighted by Crippen LogP contribution is -2.23. The number of rotatable bonds is 7. The van der Waals surface area contributed by atoms with Gasteiger partial charge in [-0.15, -0.1) is 10.2 Å². The summed E-state index contributed by atoms with van der Waals surface area (Å²) in [6.07, 6.45) is 0. The number of ether oxygens (including phenoxy) is 1. The lowest BCUT2D eigenvalue weighted by Gasteiger charge is -2.14. The number of carbonyl (C=O) groups excluding carboxylic acids is 1. The van der Waals surface area contributed by atoms with Crippen molar-refractivity contribution >= 4 is 23.4 Å². The molecule has 1 N–H and O–H groups in total. The number of para-hydroxylation sites is 2. The SMILES string of the molecule is COc1ccccc1NC(=O)[C@H](C)Sc1nnc(-c2ccc(C)cc2)c(-c2ccc(C)cc2)n1. The van der Waals surface area contributed by atoms with E-state index in [9.17, 15) is 4.79 Å². The molecule has 0 aliphatic carbocycles. The number of nitrogens with zero attached hydrogens (tertiary/aromatic N) is 3. The summed E-state index contributed by atoms with van der Waals surface area (Å²) in [5.41, 5.74) is 6.29. The van der Waals surface area contributed by atoms with Crippen LogP contribution < -0.4 is 10.1 Å². The molecule has 34 heavy (non-hydrogen) atoms. The lowest BCUT2D eigenvalue weighted by molar-refractivity contribution is -0.115. The van der Waals surface area contributed by atoms with Crippen LogP contribution in [-0.4, -0.2) is 33.4 Å². The van der Waals surface area contributed by atoms with Gasteiger partial charge in [0.25, 0.3) is 0 Å². The van der Waals surface area contributed by atoms with E-state index in [2.05, 4.69) is 15.5 Å². The summed E-state index contributed by atoms with van der Waals surface area (Å²) in [6, 6.07) is 23.6. The molecule has 1 aromatic heterocycles. The topological polar surface area (TPSA) is 77.0 Å². The first-order valence-electron chi connectivity index (χ1n) is 10.9. The molecule has 0 aliphatic rings. The van der Waals surface area contributed by atoms with Gasteiger partial charge in [0.05, 0.1) is 18.0 Å². The number of aromatic nitrogens is 3. The zero-order valence-corrected chi connectivity index (χ0v) is 20.4. The second-order valence-corrected chi connectivity index (χ2v) is 9.28. The van der Waals surface area contributed by atoms with Crippen LogP contribution in [-0.2, 0) is 4.79 Å². The van der Waals surface area contributed by atoms with E-state index in [0.717, 1.165) is 16.8 Å². The van der Waals surface area contributed by atoms with E-state index >= 15 is 0 Å². The third kappa shape index (κ3) is 5.43. The molecular formula is C27H26N4O2S. The Hall–Kier alpha value is -3.71. The predicted octanol–water partition coefficient (Wildman–Crippen LogP) is 5.95. The number of aryl methyl sites for hydroxylation is 2. The standard InChI is InChI=1S/C27H26N4O2S/c1-17-9-13-20(14-10-17)24-25(21-15-11-18(2)12-16-21)30-31-27(29-24)34-19(3)26(32)28-22-7-5-6-8-23(22)33-4/h5-16,19H,1-4H3,(H,28,32)/t19-/m0/s1. The second-order valence-electron chi connectivity index (χ2n) is 7.97. The minimum absolute atomic E-state index is 0.169. The first-order chi connectivity index (χ1) is 16.4. The van der Waals surface area contributed by atoms with Gasteiger partial charge in [-0.1, -0.05) is 83.6 Å². The van der Waals surface area contributed by atoms with E-state index in [1.54, 1.807) is 19.2 Å². The Kier molecular flexibility index (Phi) is 7.23. The highest BCUT2D eigenvalue weighted by Crippen LogP contribution is 2.32. The Labute approximate surface area is 203 Å². The van der Waals surface area contributed by atoms with Gasteiger partial charge in [0.15, 0.2) is 0 Å². The van der Waals surface area contributed by atoms with Gasteiger partial charge in [0.1, 0.15) is 17.1 Å². The fraction of sp³-hybridized carbons (Fsp3) is 0.185. The van der Waals surface area contributed by atoms with Crippen molar-refractivity contribution in [3.8, 4) is 28.3 Å². The summed E-state index contributed by atoms with van der Waals surface area (Å²) in [7, 11) is 1.57. The number of benzene rings is 3. The molecule has 4 aromatic rings. The number of hydrogen-bond donors (Lipinski definition) is 1. The van der Waals surface area contributed by atoms with Crippen LogP contribution in [0.5, 0.6) is 5.75 Å². The number of anilines is 1. The van der Waals surface area contributed by atoms with E-state index in [1.165, 1.54) is 22.9 Å². The lowest BCUT2D eigenvalue weighted by atomic mass is 10.0. The van der Waals surface area contributed by atoms with Crippen molar-refractivity contribution in [2.45, 2.75) is 31.2 Å². The first kappa shape index (κ1) is 23.4. The van der Waals surface area contributed by atoms with Crippen molar-refractivity contribution in [2.75, 3.05) is 12.4 Å². The van der Waals surface area contributed by atoms with E-state index in [1.807, 2.05) is 81.4 Å². The third-order valence-corrected chi connectivity index (χ3v) is 6.28. The van der Waals surface area contributed by atoms with Crippen LogP contribution in [0.1, 0.15) is 18.1 Å². The van der Waals surface area contributed by atoms with Crippen LogP contribution in [0, 0.1) is 13.8 Å². The van der Waals surface area contributed by atoms with Crippen molar-refractivity contribution in [1.82, 2.24) is 15.2 Å². The number of nitrogens with one attached hydrogen (secondary N) is 1. The molecule has 4 rings (SSSR count). The molecule has 172 valence electrons. The molecule has 1 heterocycles. The van der Waals surface area contributed by atoms with Crippen molar-refractivity contribution in [3.63, 3.8) is 0 Å². The summed E-state index contributed by atoms with van der Waals surface area (Å²) >= 11 is 1.27. The van der Waals surface area contributed by atoms with Crippen LogP contribution >= 0.6 is 11.8 Å². The smallest absolute Gasteiger partial charge is 0.237 e. The minimum Gasteiger partial charge on any atom is -0.495 e. The van der Waals surface area contributed by atoms with Crippen LogP contribution in [0.2, 0.25) is 0 Å². The van der Waals surface area contributed by atoms with E-state index in [0.29, 0.717) is 22.3 Å². The Morgan fingerprint density at radius 2 is 1.44 bits per heavy atom. The van der Waals surface area contributed by atoms with Crippen LogP contribution in [0.3, 0.4) is 0 Å². The van der Waals surface area contributed by atoms with Gasteiger partial charge in [0, 0.05) is 11.1 Å². The molecule has 0 bridgehead atoms. The first-order valence-corrected chi connectivity index (χ1v) is 11.8. The van der Waals surface area contributed by atoms with E-state index in [4.69, 9.17) is 9.72 Å². The minimum atomic E-state index is -0.442. The average Bonchev–Trinajstić information content (AvgIpc) is 2.85. The zero-order valence-electron chi connectivity index (χ0n) is 19.6. The van der Waals surface area contributed by atoms with Gasteiger partial charge in [-0.2, -0.15) is 0 Å². The number of amides is 1.